The average Bonchev–Trinajstić information content (AvgIpc) is 2.12. The van der Waals surface area contributed by atoms with Crippen LogP contribution in [0.2, 0.25) is 0 Å². The summed E-state index contributed by atoms with van der Waals surface area (Å²) in [6.07, 6.45) is 6.41. The summed E-state index contributed by atoms with van der Waals surface area (Å²) in [5, 5.41) is 0. The van der Waals surface area contributed by atoms with Crippen molar-refractivity contribution in [1.82, 2.24) is 0 Å². The summed E-state index contributed by atoms with van der Waals surface area (Å²) in [7, 11) is 0. The van der Waals surface area contributed by atoms with Crippen molar-refractivity contribution in [2.75, 3.05) is 0 Å². The molecule has 0 radical (unpaired) electrons. The Morgan fingerprint density at radius 1 is 1.15 bits per heavy atom. The van der Waals surface area contributed by atoms with Crippen molar-refractivity contribution in [2.45, 2.75) is 40.5 Å². The van der Waals surface area contributed by atoms with E-state index < -0.39 is 0 Å². The molecule has 13 heavy (non-hydrogen) atoms. The fraction of sp³-hybridized carbons (Fsp3) is 0.538. The Bertz CT molecular complexity index is 214. The minimum absolute atomic E-state index is 0.256. The molecule has 0 N–H and O–H groups in total. The molecule has 0 saturated heterocycles. The van der Waals surface area contributed by atoms with Crippen LogP contribution in [-0.2, 0) is 0 Å². The predicted octanol–water partition coefficient (Wildman–Crippen LogP) is 4.50. The molecule has 0 atom stereocenters. The highest BCUT2D eigenvalue weighted by atomic mass is 14.3. The zero-order chi connectivity index (χ0) is 10.5. The van der Waals surface area contributed by atoms with E-state index in [1.54, 1.807) is 0 Å². The van der Waals surface area contributed by atoms with E-state index >= 15 is 0 Å². The quantitative estimate of drug-likeness (QED) is 0.544. The van der Waals surface area contributed by atoms with Gasteiger partial charge in [0, 0.05) is 0 Å². The standard InChI is InChI=1S/C13H22/c1-7-13(6,8-2)12(5)10-9-11(3)4/h9-10H,3,5,7-8H2,1-2,4,6H3/b10-9-. The molecule has 0 amide bonds. The van der Waals surface area contributed by atoms with Crippen molar-refractivity contribution in [1.29, 1.82) is 0 Å². The van der Waals surface area contributed by atoms with Gasteiger partial charge in [-0.15, -0.1) is 0 Å². The molecular weight excluding hydrogens is 156 g/mol. The van der Waals surface area contributed by atoms with Gasteiger partial charge in [0.1, 0.15) is 0 Å². The minimum atomic E-state index is 0.256. The van der Waals surface area contributed by atoms with Gasteiger partial charge in [-0.2, -0.15) is 0 Å². The van der Waals surface area contributed by atoms with Crippen LogP contribution in [0.5, 0.6) is 0 Å². The third-order valence-corrected chi connectivity index (χ3v) is 2.90. The Hall–Kier alpha value is -0.780. The van der Waals surface area contributed by atoms with Crippen LogP contribution in [0.1, 0.15) is 40.5 Å². The van der Waals surface area contributed by atoms with Gasteiger partial charge >= 0.3 is 0 Å². The third-order valence-electron chi connectivity index (χ3n) is 2.90. The second-order valence-electron chi connectivity index (χ2n) is 3.97. The average molecular weight is 178 g/mol. The normalized spacial score (nSPS) is 12.0. The molecular formula is C13H22. The smallest absolute Gasteiger partial charge is 0.00863 e. The van der Waals surface area contributed by atoms with Gasteiger partial charge in [0.15, 0.2) is 0 Å². The van der Waals surface area contributed by atoms with E-state index in [2.05, 4.69) is 40.0 Å². The molecule has 0 aromatic carbocycles. The molecule has 0 aromatic heterocycles. The van der Waals surface area contributed by atoms with E-state index in [4.69, 9.17) is 0 Å². The molecule has 0 unspecified atom stereocenters. The Labute approximate surface area is 83.0 Å². The number of rotatable bonds is 5. The van der Waals surface area contributed by atoms with Crippen LogP contribution in [0.25, 0.3) is 0 Å². The molecule has 0 fully saturated rings. The molecule has 0 bridgehead atoms. The van der Waals surface area contributed by atoms with Gasteiger partial charge in [-0.1, -0.05) is 51.7 Å². The fourth-order valence-electron chi connectivity index (χ4n) is 1.15. The summed E-state index contributed by atoms with van der Waals surface area (Å²) in [4.78, 5) is 0. The van der Waals surface area contributed by atoms with Gasteiger partial charge in [-0.05, 0) is 30.8 Å². The Kier molecular flexibility index (Phi) is 4.76. The summed E-state index contributed by atoms with van der Waals surface area (Å²) < 4.78 is 0. The highest BCUT2D eigenvalue weighted by molar-refractivity contribution is 5.27. The maximum Gasteiger partial charge on any atom is -0.00863 e. The van der Waals surface area contributed by atoms with Crippen LogP contribution in [-0.4, -0.2) is 0 Å². The first-order chi connectivity index (χ1) is 5.96. The SMILES string of the molecule is C=C(C)/C=C\C(=C)C(C)(CC)CC. The number of hydrogen-bond acceptors (Lipinski definition) is 0. The van der Waals surface area contributed by atoms with Crippen LogP contribution in [0.15, 0.2) is 36.5 Å². The second kappa shape index (κ2) is 5.06. The largest absolute Gasteiger partial charge is 0.0961 e. The molecule has 0 aliphatic heterocycles. The van der Waals surface area contributed by atoms with Crippen molar-refractivity contribution in [3.05, 3.63) is 36.5 Å². The molecule has 74 valence electrons. The van der Waals surface area contributed by atoms with Crippen LogP contribution >= 0.6 is 0 Å². The molecule has 0 aliphatic rings. The van der Waals surface area contributed by atoms with Crippen molar-refractivity contribution in [3.8, 4) is 0 Å². The third kappa shape index (κ3) is 3.63. The fourth-order valence-corrected chi connectivity index (χ4v) is 1.15. The molecule has 0 rings (SSSR count). The van der Waals surface area contributed by atoms with E-state index in [1.807, 2.05) is 13.0 Å². The first-order valence-electron chi connectivity index (χ1n) is 4.99. The molecule has 0 nitrogen and oxygen atoms in total. The molecule has 0 aromatic rings. The molecule has 0 heterocycles. The molecule has 0 saturated carbocycles. The van der Waals surface area contributed by atoms with Gasteiger partial charge in [0.05, 0.1) is 0 Å². The van der Waals surface area contributed by atoms with Gasteiger partial charge in [0.2, 0.25) is 0 Å². The van der Waals surface area contributed by atoms with Crippen LogP contribution in [0, 0.1) is 5.41 Å². The summed E-state index contributed by atoms with van der Waals surface area (Å²) in [5.41, 5.74) is 2.54. The lowest BCUT2D eigenvalue weighted by Crippen LogP contribution is -2.14. The van der Waals surface area contributed by atoms with E-state index in [-0.39, 0.29) is 5.41 Å². The molecule has 0 aliphatic carbocycles. The monoisotopic (exact) mass is 178 g/mol. The van der Waals surface area contributed by atoms with Crippen LogP contribution in [0.3, 0.4) is 0 Å². The molecule has 0 heteroatoms. The van der Waals surface area contributed by atoms with E-state index in [0.717, 1.165) is 18.4 Å². The minimum Gasteiger partial charge on any atom is -0.0961 e. The van der Waals surface area contributed by atoms with Crippen molar-refractivity contribution < 1.29 is 0 Å². The summed E-state index contributed by atoms with van der Waals surface area (Å²) in [5.74, 6) is 0. The van der Waals surface area contributed by atoms with Crippen molar-refractivity contribution in [2.24, 2.45) is 5.41 Å². The number of allylic oxidation sites excluding steroid dienone is 4. The second-order valence-corrected chi connectivity index (χ2v) is 3.97. The van der Waals surface area contributed by atoms with Crippen molar-refractivity contribution >= 4 is 0 Å². The predicted molar refractivity (Wildman–Crippen MR) is 61.8 cm³/mol. The highest BCUT2D eigenvalue weighted by Crippen LogP contribution is 2.33. The lowest BCUT2D eigenvalue weighted by molar-refractivity contribution is 0.378. The van der Waals surface area contributed by atoms with Gasteiger partial charge < -0.3 is 0 Å². The Morgan fingerprint density at radius 2 is 1.62 bits per heavy atom. The Balaban J connectivity index is 4.49. The molecule has 0 spiro atoms. The first-order valence-corrected chi connectivity index (χ1v) is 4.99. The van der Waals surface area contributed by atoms with Gasteiger partial charge in [-0.25, -0.2) is 0 Å². The summed E-state index contributed by atoms with van der Waals surface area (Å²) in [6, 6.07) is 0. The lowest BCUT2D eigenvalue weighted by atomic mass is 9.78. The van der Waals surface area contributed by atoms with Gasteiger partial charge in [-0.3, -0.25) is 0 Å². The summed E-state index contributed by atoms with van der Waals surface area (Å²) in [6.45, 7) is 16.6. The maximum atomic E-state index is 4.11. The van der Waals surface area contributed by atoms with E-state index in [1.165, 1.54) is 5.57 Å². The van der Waals surface area contributed by atoms with E-state index in [9.17, 15) is 0 Å². The Morgan fingerprint density at radius 3 is 1.92 bits per heavy atom. The lowest BCUT2D eigenvalue weighted by Gasteiger charge is -2.27. The topological polar surface area (TPSA) is 0 Å². The first kappa shape index (κ1) is 12.2. The van der Waals surface area contributed by atoms with Gasteiger partial charge in [0.25, 0.3) is 0 Å². The number of hydrogen-bond donors (Lipinski definition) is 0. The highest BCUT2D eigenvalue weighted by Gasteiger charge is 2.21. The van der Waals surface area contributed by atoms with Crippen LogP contribution in [0.4, 0.5) is 0 Å². The zero-order valence-corrected chi connectivity index (χ0v) is 9.48. The maximum absolute atomic E-state index is 4.11. The van der Waals surface area contributed by atoms with Crippen molar-refractivity contribution in [3.63, 3.8) is 0 Å². The van der Waals surface area contributed by atoms with Crippen LogP contribution < -0.4 is 0 Å². The van der Waals surface area contributed by atoms with E-state index in [0.29, 0.717) is 0 Å². The zero-order valence-electron chi connectivity index (χ0n) is 9.48. The summed E-state index contributed by atoms with van der Waals surface area (Å²) >= 11 is 0.